The summed E-state index contributed by atoms with van der Waals surface area (Å²) in [5.41, 5.74) is 1.11. The van der Waals surface area contributed by atoms with Crippen LogP contribution in [0.4, 0.5) is 4.39 Å². The molecule has 96 valence electrons. The minimum absolute atomic E-state index is 0.0159. The second kappa shape index (κ2) is 6.99. The molecule has 1 rings (SSSR count). The molecule has 0 spiro atoms. The summed E-state index contributed by atoms with van der Waals surface area (Å²) in [6.07, 6.45) is 1.80. The van der Waals surface area contributed by atoms with Gasteiger partial charge in [0.2, 0.25) is 0 Å². The van der Waals surface area contributed by atoms with Crippen LogP contribution in [-0.4, -0.2) is 22.4 Å². The van der Waals surface area contributed by atoms with E-state index >= 15 is 0 Å². The van der Waals surface area contributed by atoms with Crippen molar-refractivity contribution in [2.24, 2.45) is 0 Å². The molecule has 0 aliphatic heterocycles. The maximum Gasteiger partial charge on any atom is 0.123 e. The van der Waals surface area contributed by atoms with Crippen molar-refractivity contribution in [1.29, 1.82) is 0 Å². The lowest BCUT2D eigenvalue weighted by Gasteiger charge is -2.26. The molecule has 17 heavy (non-hydrogen) atoms. The first-order valence-corrected chi connectivity index (χ1v) is 6.73. The van der Waals surface area contributed by atoms with Gasteiger partial charge in [-0.2, -0.15) is 0 Å². The van der Waals surface area contributed by atoms with Gasteiger partial charge >= 0.3 is 0 Å². The number of hydrogen-bond acceptors (Lipinski definition) is 3. The monoisotopic (exact) mass is 257 g/mol. The Kier molecular flexibility index (Phi) is 5.95. The highest BCUT2D eigenvalue weighted by Gasteiger charge is 2.16. The van der Waals surface area contributed by atoms with Gasteiger partial charge in [-0.3, -0.25) is 0 Å². The van der Waals surface area contributed by atoms with E-state index < -0.39 is 0 Å². The van der Waals surface area contributed by atoms with Crippen LogP contribution in [0.5, 0.6) is 0 Å². The van der Waals surface area contributed by atoms with Crippen molar-refractivity contribution in [2.45, 2.75) is 32.2 Å². The van der Waals surface area contributed by atoms with Crippen molar-refractivity contribution < 1.29 is 8.94 Å². The summed E-state index contributed by atoms with van der Waals surface area (Å²) in [5.74, 6) is 0.555. The molecule has 0 amide bonds. The fourth-order valence-electron chi connectivity index (χ4n) is 1.74. The summed E-state index contributed by atoms with van der Waals surface area (Å²) in [6, 6.07) is 6.63. The largest absolute Gasteiger partial charge is 0.330 e. The Morgan fingerprint density at radius 3 is 2.53 bits per heavy atom. The van der Waals surface area contributed by atoms with E-state index in [0.29, 0.717) is 0 Å². The highest BCUT2D eigenvalue weighted by atomic mass is 32.2. The molecule has 0 aliphatic rings. The lowest BCUT2D eigenvalue weighted by atomic mass is 9.95. The molecule has 0 radical (unpaired) electrons. The van der Waals surface area contributed by atoms with Crippen LogP contribution in [0, 0.1) is 5.82 Å². The maximum absolute atomic E-state index is 12.8. The van der Waals surface area contributed by atoms with Crippen LogP contribution in [0.2, 0.25) is 0 Å². The first kappa shape index (κ1) is 14.5. The zero-order valence-electron chi connectivity index (χ0n) is 10.4. The molecule has 0 heterocycles. The van der Waals surface area contributed by atoms with Gasteiger partial charge < -0.3 is 9.87 Å². The van der Waals surface area contributed by atoms with Gasteiger partial charge in [-0.15, -0.1) is 0 Å². The third-order valence-electron chi connectivity index (χ3n) is 2.58. The van der Waals surface area contributed by atoms with Crippen molar-refractivity contribution in [3.8, 4) is 0 Å². The summed E-state index contributed by atoms with van der Waals surface area (Å²) in [6.45, 7) is 5.13. The van der Waals surface area contributed by atoms with Crippen molar-refractivity contribution in [3.05, 3.63) is 35.6 Å². The Hall–Kier alpha value is -0.580. The van der Waals surface area contributed by atoms with Gasteiger partial charge in [0.15, 0.2) is 0 Å². The van der Waals surface area contributed by atoms with Gasteiger partial charge in [-0.05, 0) is 63.0 Å². The second-order valence-electron chi connectivity index (χ2n) is 4.80. The Balaban J connectivity index is 2.40. The molecule has 0 saturated carbocycles. The molecule has 4 heteroatoms. The van der Waals surface area contributed by atoms with Crippen LogP contribution in [0.1, 0.15) is 25.8 Å². The molecule has 0 aromatic heterocycles. The third-order valence-corrected chi connectivity index (χ3v) is 3.05. The SMILES string of the molecule is CC(C)(Cc1ccc(F)cc1)NCCCSO. The standard InChI is InChI=1S/C13H20FNOS/c1-13(2,15-8-3-9-17-16)10-11-4-6-12(14)7-5-11/h4-7,15-16H,3,8-10H2,1-2H3. The van der Waals surface area contributed by atoms with E-state index in [0.717, 1.165) is 42.7 Å². The maximum atomic E-state index is 12.8. The van der Waals surface area contributed by atoms with Gasteiger partial charge in [0.25, 0.3) is 0 Å². The van der Waals surface area contributed by atoms with Gasteiger partial charge in [-0.25, -0.2) is 4.39 Å². The Morgan fingerprint density at radius 2 is 1.94 bits per heavy atom. The van der Waals surface area contributed by atoms with E-state index in [1.165, 1.54) is 12.1 Å². The van der Waals surface area contributed by atoms with Gasteiger partial charge in [0, 0.05) is 11.3 Å². The summed E-state index contributed by atoms with van der Waals surface area (Å²) in [4.78, 5) is 0. The van der Waals surface area contributed by atoms with Crippen LogP contribution < -0.4 is 5.32 Å². The number of halogens is 1. The molecule has 0 bridgehead atoms. The van der Waals surface area contributed by atoms with E-state index in [1.807, 2.05) is 12.1 Å². The van der Waals surface area contributed by atoms with Crippen LogP contribution in [0.3, 0.4) is 0 Å². The second-order valence-corrected chi connectivity index (χ2v) is 5.47. The first-order chi connectivity index (χ1) is 8.03. The highest BCUT2D eigenvalue weighted by Crippen LogP contribution is 2.13. The van der Waals surface area contributed by atoms with Crippen LogP contribution in [0.25, 0.3) is 0 Å². The van der Waals surface area contributed by atoms with Crippen molar-refractivity contribution >= 4 is 12.0 Å². The molecule has 2 nitrogen and oxygen atoms in total. The molecule has 2 N–H and O–H groups in total. The fourth-order valence-corrected chi connectivity index (χ4v) is 2.01. The molecular formula is C13H20FNOS. The van der Waals surface area contributed by atoms with Gasteiger partial charge in [0.05, 0.1) is 0 Å². The van der Waals surface area contributed by atoms with Crippen molar-refractivity contribution in [1.82, 2.24) is 5.32 Å². The predicted octanol–water partition coefficient (Wildman–Crippen LogP) is 3.33. The topological polar surface area (TPSA) is 32.3 Å². The Morgan fingerprint density at radius 1 is 1.29 bits per heavy atom. The number of benzene rings is 1. The van der Waals surface area contributed by atoms with Crippen LogP contribution in [0.15, 0.2) is 24.3 Å². The zero-order valence-corrected chi connectivity index (χ0v) is 11.2. The summed E-state index contributed by atoms with van der Waals surface area (Å²) in [7, 11) is 0. The lowest BCUT2D eigenvalue weighted by molar-refractivity contribution is 0.387. The molecule has 0 atom stereocenters. The summed E-state index contributed by atoms with van der Waals surface area (Å²) < 4.78 is 21.4. The average molecular weight is 257 g/mol. The Bertz CT molecular complexity index is 327. The molecule has 0 saturated heterocycles. The van der Waals surface area contributed by atoms with E-state index in [2.05, 4.69) is 19.2 Å². The van der Waals surface area contributed by atoms with E-state index in [9.17, 15) is 4.39 Å². The smallest absolute Gasteiger partial charge is 0.123 e. The molecule has 1 aromatic rings. The van der Waals surface area contributed by atoms with Crippen molar-refractivity contribution in [2.75, 3.05) is 12.3 Å². The van der Waals surface area contributed by atoms with Gasteiger partial charge in [-0.1, -0.05) is 12.1 Å². The zero-order chi connectivity index (χ0) is 12.7. The van der Waals surface area contributed by atoms with Crippen LogP contribution >= 0.6 is 12.0 Å². The summed E-state index contributed by atoms with van der Waals surface area (Å²) in [5, 5.41) is 3.44. The minimum atomic E-state index is -0.195. The Labute approximate surface area is 107 Å². The molecule has 0 aliphatic carbocycles. The molecule has 1 aromatic carbocycles. The number of rotatable bonds is 7. The number of nitrogens with one attached hydrogen (secondary N) is 1. The van der Waals surface area contributed by atoms with E-state index in [-0.39, 0.29) is 11.4 Å². The van der Waals surface area contributed by atoms with Crippen molar-refractivity contribution in [3.63, 3.8) is 0 Å². The summed E-state index contributed by atoms with van der Waals surface area (Å²) >= 11 is 0.876. The molecule has 0 fully saturated rings. The normalized spacial score (nSPS) is 11.8. The quantitative estimate of drug-likeness (QED) is 0.580. The average Bonchev–Trinajstić information content (AvgIpc) is 2.27. The minimum Gasteiger partial charge on any atom is -0.330 e. The first-order valence-electron chi connectivity index (χ1n) is 5.79. The highest BCUT2D eigenvalue weighted by molar-refractivity contribution is 7.93. The molecule has 0 unspecified atom stereocenters. The lowest BCUT2D eigenvalue weighted by Crippen LogP contribution is -2.41. The van der Waals surface area contributed by atoms with Crippen LogP contribution in [-0.2, 0) is 6.42 Å². The fraction of sp³-hybridized carbons (Fsp3) is 0.538. The number of hydrogen-bond donors (Lipinski definition) is 2. The molecular weight excluding hydrogens is 237 g/mol. The van der Waals surface area contributed by atoms with E-state index in [1.54, 1.807) is 0 Å². The predicted molar refractivity (Wildman–Crippen MR) is 71.9 cm³/mol. The van der Waals surface area contributed by atoms with Gasteiger partial charge in [0.1, 0.15) is 5.82 Å². The third kappa shape index (κ3) is 6.05. The van der Waals surface area contributed by atoms with E-state index in [4.69, 9.17) is 4.55 Å².